The van der Waals surface area contributed by atoms with Gasteiger partial charge in [-0.25, -0.2) is 0 Å². The molecule has 4 N–H and O–H groups in total. The molecule has 0 fully saturated rings. The van der Waals surface area contributed by atoms with Crippen molar-refractivity contribution in [3.05, 3.63) is 29.3 Å². The van der Waals surface area contributed by atoms with Crippen molar-refractivity contribution in [1.29, 1.82) is 0 Å². The molecule has 3 nitrogen and oxygen atoms in total. The second-order valence-electron chi connectivity index (χ2n) is 3.61. The molecule has 1 aromatic rings. The highest BCUT2D eigenvalue weighted by molar-refractivity contribution is 6.17. The number of halogens is 1. The lowest BCUT2D eigenvalue weighted by atomic mass is 9.98. The first kappa shape index (κ1) is 12.3. The lowest BCUT2D eigenvalue weighted by molar-refractivity contribution is 0.0167. The van der Waals surface area contributed by atoms with Crippen LogP contribution in [0.3, 0.4) is 0 Å². The van der Waals surface area contributed by atoms with Crippen molar-refractivity contribution < 1.29 is 10.2 Å². The number of hydrogen-bond acceptors (Lipinski definition) is 3. The Morgan fingerprint density at radius 2 is 2.07 bits per heavy atom. The molecule has 1 rings (SSSR count). The second-order valence-corrected chi connectivity index (χ2v) is 3.98. The number of benzene rings is 1. The Kier molecular flexibility index (Phi) is 4.39. The molecule has 0 heterocycles. The van der Waals surface area contributed by atoms with E-state index in [0.29, 0.717) is 23.6 Å². The zero-order valence-electron chi connectivity index (χ0n) is 8.65. The molecule has 0 bridgehead atoms. The van der Waals surface area contributed by atoms with E-state index in [1.165, 1.54) is 0 Å². The van der Waals surface area contributed by atoms with E-state index in [0.717, 1.165) is 5.56 Å². The Morgan fingerprint density at radius 3 is 2.67 bits per heavy atom. The van der Waals surface area contributed by atoms with E-state index in [9.17, 15) is 10.2 Å². The van der Waals surface area contributed by atoms with E-state index in [1.807, 2.05) is 13.0 Å². The van der Waals surface area contributed by atoms with Crippen molar-refractivity contribution in [2.75, 3.05) is 11.6 Å². The molecule has 2 atom stereocenters. The highest BCUT2D eigenvalue weighted by atomic mass is 35.5. The van der Waals surface area contributed by atoms with Crippen LogP contribution in [-0.4, -0.2) is 22.2 Å². The van der Waals surface area contributed by atoms with E-state index in [-0.39, 0.29) is 0 Å². The van der Waals surface area contributed by atoms with Crippen LogP contribution in [0.1, 0.15) is 23.7 Å². The minimum atomic E-state index is -0.924. The standard InChI is InChI=1S/C11H16ClNO2/c1-7-2-3-8(13)6-9(7)11(15)10(14)4-5-12/h2-3,6,10-11,14-15H,4-5,13H2,1H3. The number of aliphatic hydroxyl groups is 2. The van der Waals surface area contributed by atoms with Crippen molar-refractivity contribution in [3.8, 4) is 0 Å². The number of alkyl halides is 1. The normalized spacial score (nSPS) is 14.9. The van der Waals surface area contributed by atoms with Gasteiger partial charge < -0.3 is 15.9 Å². The Balaban J connectivity index is 2.89. The molecular formula is C11H16ClNO2. The van der Waals surface area contributed by atoms with Gasteiger partial charge >= 0.3 is 0 Å². The van der Waals surface area contributed by atoms with E-state index in [4.69, 9.17) is 17.3 Å². The molecular weight excluding hydrogens is 214 g/mol. The highest BCUT2D eigenvalue weighted by Crippen LogP contribution is 2.24. The van der Waals surface area contributed by atoms with E-state index < -0.39 is 12.2 Å². The van der Waals surface area contributed by atoms with Gasteiger partial charge in [0.2, 0.25) is 0 Å². The minimum absolute atomic E-state index is 0.319. The maximum atomic E-state index is 9.86. The molecule has 0 aromatic heterocycles. The van der Waals surface area contributed by atoms with Crippen LogP contribution in [0.25, 0.3) is 0 Å². The van der Waals surface area contributed by atoms with Gasteiger partial charge in [0, 0.05) is 11.6 Å². The fourth-order valence-corrected chi connectivity index (χ4v) is 1.68. The molecule has 0 saturated carbocycles. The highest BCUT2D eigenvalue weighted by Gasteiger charge is 2.19. The number of aryl methyl sites for hydroxylation is 1. The number of hydrogen-bond donors (Lipinski definition) is 3. The molecule has 15 heavy (non-hydrogen) atoms. The summed E-state index contributed by atoms with van der Waals surface area (Å²) in [5.74, 6) is 0.319. The van der Waals surface area contributed by atoms with E-state index in [2.05, 4.69) is 0 Å². The lowest BCUT2D eigenvalue weighted by Gasteiger charge is -2.19. The fraction of sp³-hybridized carbons (Fsp3) is 0.455. The summed E-state index contributed by atoms with van der Waals surface area (Å²) in [6.45, 7) is 1.87. The second kappa shape index (κ2) is 5.35. The van der Waals surface area contributed by atoms with Gasteiger partial charge in [0.15, 0.2) is 0 Å². The third kappa shape index (κ3) is 3.09. The summed E-state index contributed by atoms with van der Waals surface area (Å²) in [7, 11) is 0. The Bertz CT molecular complexity index is 330. The Hall–Kier alpha value is -0.770. The first-order valence-electron chi connectivity index (χ1n) is 4.84. The Morgan fingerprint density at radius 1 is 1.40 bits per heavy atom. The van der Waals surface area contributed by atoms with Crippen LogP contribution in [0.2, 0.25) is 0 Å². The molecule has 0 aliphatic carbocycles. The quantitative estimate of drug-likeness (QED) is 0.543. The minimum Gasteiger partial charge on any atom is -0.399 e. The van der Waals surface area contributed by atoms with Crippen LogP contribution in [0, 0.1) is 6.92 Å². The number of rotatable bonds is 4. The maximum Gasteiger partial charge on any atom is 0.105 e. The zero-order chi connectivity index (χ0) is 11.4. The fourth-order valence-electron chi connectivity index (χ4n) is 1.45. The molecule has 4 heteroatoms. The summed E-state index contributed by atoms with van der Waals surface area (Å²) in [5.41, 5.74) is 7.76. The summed E-state index contributed by atoms with van der Waals surface area (Å²) in [5, 5.41) is 19.5. The predicted molar refractivity (Wildman–Crippen MR) is 61.9 cm³/mol. The molecule has 0 amide bonds. The summed E-state index contributed by atoms with van der Waals surface area (Å²) in [6.07, 6.45) is -1.41. The summed E-state index contributed by atoms with van der Waals surface area (Å²) < 4.78 is 0. The molecule has 0 aliphatic rings. The number of aliphatic hydroxyl groups excluding tert-OH is 2. The van der Waals surface area contributed by atoms with E-state index >= 15 is 0 Å². The van der Waals surface area contributed by atoms with Crippen molar-refractivity contribution in [3.63, 3.8) is 0 Å². The van der Waals surface area contributed by atoms with Crippen LogP contribution < -0.4 is 5.73 Å². The van der Waals surface area contributed by atoms with Crippen LogP contribution in [0.5, 0.6) is 0 Å². The van der Waals surface area contributed by atoms with Gasteiger partial charge in [0.25, 0.3) is 0 Å². The van der Waals surface area contributed by atoms with Gasteiger partial charge in [0.05, 0.1) is 6.10 Å². The molecule has 0 radical (unpaired) electrons. The molecule has 0 spiro atoms. The number of nitrogen functional groups attached to an aromatic ring is 1. The average molecular weight is 230 g/mol. The molecule has 1 aromatic carbocycles. The van der Waals surface area contributed by atoms with Crippen LogP contribution in [0.4, 0.5) is 5.69 Å². The van der Waals surface area contributed by atoms with Gasteiger partial charge in [-0.1, -0.05) is 6.07 Å². The van der Waals surface area contributed by atoms with Gasteiger partial charge in [0.1, 0.15) is 6.10 Å². The monoisotopic (exact) mass is 229 g/mol. The summed E-state index contributed by atoms with van der Waals surface area (Å²) in [6, 6.07) is 5.26. The van der Waals surface area contributed by atoms with Crippen LogP contribution >= 0.6 is 11.6 Å². The average Bonchev–Trinajstić information content (AvgIpc) is 2.21. The van der Waals surface area contributed by atoms with Crippen molar-refractivity contribution in [2.24, 2.45) is 0 Å². The smallest absolute Gasteiger partial charge is 0.105 e. The third-order valence-electron chi connectivity index (χ3n) is 2.39. The Labute approximate surface area is 94.5 Å². The predicted octanol–water partition coefficient (Wildman–Crippen LogP) is 1.60. The van der Waals surface area contributed by atoms with E-state index in [1.54, 1.807) is 12.1 Å². The lowest BCUT2D eigenvalue weighted by Crippen LogP contribution is -2.19. The topological polar surface area (TPSA) is 66.5 Å². The van der Waals surface area contributed by atoms with Crippen LogP contribution in [-0.2, 0) is 0 Å². The molecule has 0 aliphatic heterocycles. The number of nitrogens with two attached hydrogens (primary N) is 1. The maximum absolute atomic E-state index is 9.86. The van der Waals surface area contributed by atoms with Crippen LogP contribution in [0.15, 0.2) is 18.2 Å². The molecule has 84 valence electrons. The van der Waals surface area contributed by atoms with Crippen molar-refractivity contribution >= 4 is 17.3 Å². The zero-order valence-corrected chi connectivity index (χ0v) is 9.41. The molecule has 2 unspecified atom stereocenters. The van der Waals surface area contributed by atoms with Gasteiger partial charge in [-0.05, 0) is 36.6 Å². The first-order chi connectivity index (χ1) is 7.06. The van der Waals surface area contributed by atoms with Gasteiger partial charge in [-0.3, -0.25) is 0 Å². The first-order valence-corrected chi connectivity index (χ1v) is 5.38. The van der Waals surface area contributed by atoms with Gasteiger partial charge in [-0.2, -0.15) is 0 Å². The summed E-state index contributed by atoms with van der Waals surface area (Å²) >= 11 is 5.50. The van der Waals surface area contributed by atoms with Crippen molar-refractivity contribution in [1.82, 2.24) is 0 Å². The van der Waals surface area contributed by atoms with Crippen molar-refractivity contribution in [2.45, 2.75) is 25.6 Å². The third-order valence-corrected chi connectivity index (χ3v) is 2.61. The largest absolute Gasteiger partial charge is 0.399 e. The SMILES string of the molecule is Cc1ccc(N)cc1C(O)C(O)CCCl. The molecule has 0 saturated heterocycles. The number of anilines is 1. The van der Waals surface area contributed by atoms with Gasteiger partial charge in [-0.15, -0.1) is 11.6 Å². The summed E-state index contributed by atoms with van der Waals surface area (Å²) in [4.78, 5) is 0.